The quantitative estimate of drug-likeness (QED) is 0.700. The molecule has 0 aliphatic carbocycles. The molecule has 1 N–H and O–H groups in total. The van der Waals surface area contributed by atoms with Gasteiger partial charge in [-0.05, 0) is 67.1 Å². The summed E-state index contributed by atoms with van der Waals surface area (Å²) in [6.45, 7) is 3.74. The third-order valence-corrected chi connectivity index (χ3v) is 5.28. The SMILES string of the molecule is COCCCN(Cc1ccc(F)cc1)C(=O)c1ccc(C2CCCNC2)cc1. The van der Waals surface area contributed by atoms with Gasteiger partial charge >= 0.3 is 0 Å². The number of methoxy groups -OCH3 is 1. The van der Waals surface area contributed by atoms with E-state index >= 15 is 0 Å². The van der Waals surface area contributed by atoms with Crippen molar-refractivity contribution in [2.75, 3.05) is 33.4 Å². The van der Waals surface area contributed by atoms with Crippen molar-refractivity contribution in [3.8, 4) is 0 Å². The third kappa shape index (κ3) is 5.63. The van der Waals surface area contributed by atoms with Gasteiger partial charge in [0.2, 0.25) is 0 Å². The number of hydrogen-bond acceptors (Lipinski definition) is 3. The molecule has 0 saturated carbocycles. The van der Waals surface area contributed by atoms with Crippen LogP contribution in [0.25, 0.3) is 0 Å². The fourth-order valence-corrected chi connectivity index (χ4v) is 3.68. The zero-order valence-electron chi connectivity index (χ0n) is 16.5. The number of halogens is 1. The molecule has 1 fully saturated rings. The van der Waals surface area contributed by atoms with E-state index in [9.17, 15) is 9.18 Å². The van der Waals surface area contributed by atoms with Crippen LogP contribution in [0.3, 0.4) is 0 Å². The Morgan fingerprint density at radius 3 is 2.57 bits per heavy atom. The van der Waals surface area contributed by atoms with Crippen molar-refractivity contribution in [2.45, 2.75) is 31.7 Å². The highest BCUT2D eigenvalue weighted by atomic mass is 19.1. The lowest BCUT2D eigenvalue weighted by Gasteiger charge is -2.25. The van der Waals surface area contributed by atoms with Crippen LogP contribution in [0.5, 0.6) is 0 Å². The zero-order valence-corrected chi connectivity index (χ0v) is 16.5. The van der Waals surface area contributed by atoms with Crippen molar-refractivity contribution in [3.05, 3.63) is 71.0 Å². The monoisotopic (exact) mass is 384 g/mol. The van der Waals surface area contributed by atoms with Crippen molar-refractivity contribution >= 4 is 5.91 Å². The predicted octanol–water partition coefficient (Wildman–Crippen LogP) is 3.97. The molecule has 1 amide bonds. The summed E-state index contributed by atoms with van der Waals surface area (Å²) < 4.78 is 18.3. The summed E-state index contributed by atoms with van der Waals surface area (Å²) in [7, 11) is 1.66. The number of nitrogens with one attached hydrogen (secondary N) is 1. The molecule has 2 aromatic carbocycles. The van der Waals surface area contributed by atoms with Gasteiger partial charge in [-0.1, -0.05) is 24.3 Å². The fourth-order valence-electron chi connectivity index (χ4n) is 3.68. The fraction of sp³-hybridized carbons (Fsp3) is 0.435. The predicted molar refractivity (Wildman–Crippen MR) is 109 cm³/mol. The molecule has 1 atom stereocenters. The van der Waals surface area contributed by atoms with Gasteiger partial charge in [-0.15, -0.1) is 0 Å². The molecule has 5 heteroatoms. The Morgan fingerprint density at radius 1 is 1.18 bits per heavy atom. The number of nitrogens with zero attached hydrogens (tertiary/aromatic N) is 1. The van der Waals surface area contributed by atoms with E-state index in [0.29, 0.717) is 31.2 Å². The van der Waals surface area contributed by atoms with Crippen molar-refractivity contribution in [1.82, 2.24) is 10.2 Å². The Bertz CT molecular complexity index is 740. The van der Waals surface area contributed by atoms with Gasteiger partial charge in [0.1, 0.15) is 5.82 Å². The average molecular weight is 384 g/mol. The van der Waals surface area contributed by atoms with Gasteiger partial charge in [0.25, 0.3) is 5.91 Å². The van der Waals surface area contributed by atoms with Crippen molar-refractivity contribution < 1.29 is 13.9 Å². The second-order valence-electron chi connectivity index (χ2n) is 7.36. The highest BCUT2D eigenvalue weighted by Gasteiger charge is 2.18. The maximum Gasteiger partial charge on any atom is 0.254 e. The number of carbonyl (C=O) groups is 1. The molecule has 4 nitrogen and oxygen atoms in total. The number of carbonyl (C=O) groups excluding carboxylic acids is 1. The van der Waals surface area contributed by atoms with Crippen molar-refractivity contribution in [2.24, 2.45) is 0 Å². The summed E-state index contributed by atoms with van der Waals surface area (Å²) in [6, 6.07) is 14.3. The first-order valence-corrected chi connectivity index (χ1v) is 10.0. The number of piperidine rings is 1. The maximum atomic E-state index is 13.2. The highest BCUT2D eigenvalue weighted by Crippen LogP contribution is 2.24. The van der Waals surface area contributed by atoms with Crippen molar-refractivity contribution in [3.63, 3.8) is 0 Å². The van der Waals surface area contributed by atoms with E-state index in [1.54, 1.807) is 19.2 Å². The van der Waals surface area contributed by atoms with E-state index in [0.717, 1.165) is 25.1 Å². The van der Waals surface area contributed by atoms with Gasteiger partial charge in [-0.3, -0.25) is 4.79 Å². The smallest absolute Gasteiger partial charge is 0.254 e. The molecule has 2 aromatic rings. The Kier molecular flexibility index (Phi) is 7.57. The van der Waals surface area contributed by atoms with Gasteiger partial charge in [0, 0.05) is 38.9 Å². The molecule has 1 heterocycles. The van der Waals surface area contributed by atoms with E-state index in [2.05, 4.69) is 17.4 Å². The van der Waals surface area contributed by atoms with Crippen LogP contribution in [0, 0.1) is 5.82 Å². The van der Waals surface area contributed by atoms with Crippen LogP contribution in [0.15, 0.2) is 48.5 Å². The first-order chi connectivity index (χ1) is 13.7. The lowest BCUT2D eigenvalue weighted by atomic mass is 9.91. The molecular formula is C23H29FN2O2. The maximum absolute atomic E-state index is 13.2. The summed E-state index contributed by atoms with van der Waals surface area (Å²) in [5, 5.41) is 3.44. The highest BCUT2D eigenvalue weighted by molar-refractivity contribution is 5.94. The van der Waals surface area contributed by atoms with Crippen molar-refractivity contribution in [1.29, 1.82) is 0 Å². The number of amides is 1. The zero-order chi connectivity index (χ0) is 19.8. The Morgan fingerprint density at radius 2 is 1.93 bits per heavy atom. The van der Waals surface area contributed by atoms with Gasteiger partial charge in [-0.2, -0.15) is 0 Å². The molecule has 0 aromatic heterocycles. The number of ether oxygens (including phenoxy) is 1. The molecule has 150 valence electrons. The molecular weight excluding hydrogens is 355 g/mol. The van der Waals surface area contributed by atoms with E-state index in [1.807, 2.05) is 17.0 Å². The minimum absolute atomic E-state index is 0.00579. The molecule has 3 rings (SSSR count). The lowest BCUT2D eigenvalue weighted by molar-refractivity contribution is 0.0723. The Hall–Kier alpha value is -2.24. The van der Waals surface area contributed by atoms with Crippen LogP contribution in [-0.4, -0.2) is 44.2 Å². The summed E-state index contributed by atoms with van der Waals surface area (Å²) >= 11 is 0. The van der Waals surface area contributed by atoms with Crippen LogP contribution in [0.1, 0.15) is 46.7 Å². The minimum Gasteiger partial charge on any atom is -0.385 e. The molecule has 1 aliphatic rings. The molecule has 1 saturated heterocycles. The van der Waals surface area contributed by atoms with Crippen LogP contribution < -0.4 is 5.32 Å². The van der Waals surface area contributed by atoms with Crippen LogP contribution in [0.2, 0.25) is 0 Å². The normalized spacial score (nSPS) is 16.7. The van der Waals surface area contributed by atoms with E-state index in [-0.39, 0.29) is 11.7 Å². The summed E-state index contributed by atoms with van der Waals surface area (Å²) in [5.41, 5.74) is 2.89. The van der Waals surface area contributed by atoms with Gasteiger partial charge in [0.15, 0.2) is 0 Å². The van der Waals surface area contributed by atoms with Gasteiger partial charge in [0.05, 0.1) is 0 Å². The first kappa shape index (κ1) is 20.5. The molecule has 0 bridgehead atoms. The summed E-state index contributed by atoms with van der Waals surface area (Å²) in [6.07, 6.45) is 3.14. The molecule has 1 aliphatic heterocycles. The van der Waals surface area contributed by atoms with E-state index in [1.165, 1.54) is 30.5 Å². The summed E-state index contributed by atoms with van der Waals surface area (Å²) in [5.74, 6) is 0.248. The summed E-state index contributed by atoms with van der Waals surface area (Å²) in [4.78, 5) is 14.9. The second-order valence-corrected chi connectivity index (χ2v) is 7.36. The van der Waals surface area contributed by atoms with Gasteiger partial charge in [-0.25, -0.2) is 4.39 Å². The average Bonchev–Trinajstić information content (AvgIpc) is 2.75. The van der Waals surface area contributed by atoms with Gasteiger partial charge < -0.3 is 15.0 Å². The second kappa shape index (κ2) is 10.3. The van der Waals surface area contributed by atoms with E-state index < -0.39 is 0 Å². The number of benzene rings is 2. The first-order valence-electron chi connectivity index (χ1n) is 10.0. The number of rotatable bonds is 8. The van der Waals surface area contributed by atoms with Crippen LogP contribution in [0.4, 0.5) is 4.39 Å². The van der Waals surface area contributed by atoms with Crippen LogP contribution >= 0.6 is 0 Å². The molecule has 0 radical (unpaired) electrons. The molecule has 28 heavy (non-hydrogen) atoms. The van der Waals surface area contributed by atoms with Crippen LogP contribution in [-0.2, 0) is 11.3 Å². The Balaban J connectivity index is 1.70. The molecule has 0 spiro atoms. The topological polar surface area (TPSA) is 41.6 Å². The standard InChI is InChI=1S/C23H29FN2O2/c1-28-15-3-14-26(17-18-5-11-22(24)12-6-18)23(27)20-9-7-19(8-10-20)21-4-2-13-25-16-21/h5-12,21,25H,2-4,13-17H2,1H3. The Labute approximate surface area is 166 Å². The largest absolute Gasteiger partial charge is 0.385 e. The van der Waals surface area contributed by atoms with E-state index in [4.69, 9.17) is 4.74 Å². The number of hydrogen-bond donors (Lipinski definition) is 1. The third-order valence-electron chi connectivity index (χ3n) is 5.28. The minimum atomic E-state index is -0.270. The lowest BCUT2D eigenvalue weighted by Crippen LogP contribution is -2.32. The molecule has 1 unspecified atom stereocenters.